The molecule has 0 radical (unpaired) electrons. The second kappa shape index (κ2) is 5.27. The third-order valence-corrected chi connectivity index (χ3v) is 4.23. The van der Waals surface area contributed by atoms with E-state index < -0.39 is 0 Å². The lowest BCUT2D eigenvalue weighted by molar-refractivity contribution is 0.549. The van der Waals surface area contributed by atoms with Gasteiger partial charge in [0, 0.05) is 19.1 Å². The summed E-state index contributed by atoms with van der Waals surface area (Å²) in [6, 6.07) is 7.21. The van der Waals surface area contributed by atoms with E-state index in [4.69, 9.17) is 4.98 Å². The Morgan fingerprint density at radius 3 is 3.06 bits per heavy atom. The fraction of sp³-hybridized carbons (Fsp3) is 0.667. The fourth-order valence-electron chi connectivity index (χ4n) is 3.32. The predicted octanol–water partition coefficient (Wildman–Crippen LogP) is 2.57. The van der Waals surface area contributed by atoms with E-state index in [1.165, 1.54) is 43.7 Å². The van der Waals surface area contributed by atoms with Crippen molar-refractivity contribution in [2.24, 2.45) is 5.92 Å². The molecule has 0 spiro atoms. The van der Waals surface area contributed by atoms with Crippen molar-refractivity contribution in [1.29, 1.82) is 0 Å². The van der Waals surface area contributed by atoms with Crippen LogP contribution in [0.2, 0.25) is 0 Å². The molecule has 1 saturated heterocycles. The van der Waals surface area contributed by atoms with Crippen molar-refractivity contribution in [3.63, 3.8) is 0 Å². The van der Waals surface area contributed by atoms with Gasteiger partial charge in [-0.3, -0.25) is 0 Å². The van der Waals surface area contributed by atoms with E-state index in [0.717, 1.165) is 25.0 Å². The van der Waals surface area contributed by atoms with Crippen LogP contribution in [-0.2, 0) is 6.54 Å². The highest BCUT2D eigenvalue weighted by Crippen LogP contribution is 2.39. The molecule has 1 N–H and O–H groups in total. The lowest BCUT2D eigenvalue weighted by atomic mass is 10.1. The molecule has 1 aromatic rings. The first-order chi connectivity index (χ1) is 8.86. The van der Waals surface area contributed by atoms with Crippen LogP contribution in [0.4, 0.5) is 5.82 Å². The van der Waals surface area contributed by atoms with Crippen LogP contribution in [0.1, 0.15) is 38.3 Å². The number of hydrogen-bond donors (Lipinski definition) is 1. The smallest absolute Gasteiger partial charge is 0.129 e. The number of pyridine rings is 1. The zero-order valence-corrected chi connectivity index (χ0v) is 11.2. The Labute approximate surface area is 110 Å². The summed E-state index contributed by atoms with van der Waals surface area (Å²) < 4.78 is 0. The van der Waals surface area contributed by atoms with Gasteiger partial charge >= 0.3 is 0 Å². The summed E-state index contributed by atoms with van der Waals surface area (Å²) in [4.78, 5) is 7.33. The molecule has 2 heterocycles. The predicted molar refractivity (Wildman–Crippen MR) is 74.7 cm³/mol. The van der Waals surface area contributed by atoms with Crippen LogP contribution in [0, 0.1) is 5.92 Å². The maximum Gasteiger partial charge on any atom is 0.129 e. The fourth-order valence-corrected chi connectivity index (χ4v) is 3.32. The van der Waals surface area contributed by atoms with Crippen LogP contribution in [0.3, 0.4) is 0 Å². The van der Waals surface area contributed by atoms with Gasteiger partial charge in [0.2, 0.25) is 0 Å². The molecule has 0 amide bonds. The second-order valence-electron chi connectivity index (χ2n) is 5.65. The molecule has 1 saturated carbocycles. The Bertz CT molecular complexity index is 404. The van der Waals surface area contributed by atoms with E-state index in [1.54, 1.807) is 0 Å². The molecule has 3 heteroatoms. The minimum atomic E-state index is 0.765. The third-order valence-electron chi connectivity index (χ3n) is 4.23. The summed E-state index contributed by atoms with van der Waals surface area (Å²) in [6.45, 7) is 5.38. The summed E-state index contributed by atoms with van der Waals surface area (Å²) in [5.74, 6) is 2.12. The number of hydrogen-bond acceptors (Lipinski definition) is 3. The van der Waals surface area contributed by atoms with E-state index in [0.29, 0.717) is 0 Å². The molecular formula is C15H23N3. The minimum absolute atomic E-state index is 0.765. The molecule has 2 fully saturated rings. The molecule has 1 aromatic heterocycles. The van der Waals surface area contributed by atoms with E-state index >= 15 is 0 Å². The van der Waals surface area contributed by atoms with Gasteiger partial charge < -0.3 is 10.2 Å². The molecular weight excluding hydrogens is 222 g/mol. The van der Waals surface area contributed by atoms with Gasteiger partial charge in [0.1, 0.15) is 5.82 Å². The third kappa shape index (κ3) is 2.37. The number of anilines is 1. The van der Waals surface area contributed by atoms with Crippen molar-refractivity contribution in [1.82, 2.24) is 10.3 Å². The molecule has 2 bridgehead atoms. The van der Waals surface area contributed by atoms with Crippen molar-refractivity contribution in [2.75, 3.05) is 18.0 Å². The van der Waals surface area contributed by atoms with Crippen LogP contribution < -0.4 is 10.2 Å². The standard InChI is InChI=1S/C15H23N3/c1-2-8-16-10-13-4-3-5-15(17-13)18-11-12-6-7-14(18)9-12/h3-5,12,14,16H,2,6-11H2,1H3. The highest BCUT2D eigenvalue weighted by atomic mass is 15.2. The summed E-state index contributed by atoms with van der Waals surface area (Å²) in [5, 5.41) is 3.42. The molecule has 3 nitrogen and oxygen atoms in total. The highest BCUT2D eigenvalue weighted by Gasteiger charge is 2.38. The topological polar surface area (TPSA) is 28.2 Å². The Morgan fingerprint density at radius 2 is 2.33 bits per heavy atom. The molecule has 3 rings (SSSR count). The number of rotatable bonds is 5. The van der Waals surface area contributed by atoms with Gasteiger partial charge in [-0.1, -0.05) is 13.0 Å². The van der Waals surface area contributed by atoms with E-state index in [9.17, 15) is 0 Å². The molecule has 1 aliphatic heterocycles. The molecule has 98 valence electrons. The van der Waals surface area contributed by atoms with Crippen LogP contribution in [-0.4, -0.2) is 24.1 Å². The number of nitrogens with one attached hydrogen (secondary N) is 1. The molecule has 2 aliphatic rings. The quantitative estimate of drug-likeness (QED) is 0.808. The van der Waals surface area contributed by atoms with Crippen LogP contribution in [0.25, 0.3) is 0 Å². The molecule has 0 aromatic carbocycles. The molecule has 2 atom stereocenters. The van der Waals surface area contributed by atoms with Gasteiger partial charge in [-0.15, -0.1) is 0 Å². The number of piperidine rings is 1. The van der Waals surface area contributed by atoms with Crippen LogP contribution in [0.15, 0.2) is 18.2 Å². The van der Waals surface area contributed by atoms with Crippen LogP contribution in [0.5, 0.6) is 0 Å². The van der Waals surface area contributed by atoms with Gasteiger partial charge in [-0.25, -0.2) is 4.98 Å². The van der Waals surface area contributed by atoms with Gasteiger partial charge in [0.05, 0.1) is 5.69 Å². The first-order valence-electron chi connectivity index (χ1n) is 7.30. The van der Waals surface area contributed by atoms with Crippen molar-refractivity contribution in [2.45, 2.75) is 45.2 Å². The largest absolute Gasteiger partial charge is 0.353 e. The van der Waals surface area contributed by atoms with Gasteiger partial charge in [0.25, 0.3) is 0 Å². The average Bonchev–Trinajstić information content (AvgIpc) is 3.02. The Balaban J connectivity index is 1.67. The Morgan fingerprint density at radius 1 is 1.39 bits per heavy atom. The number of aromatic nitrogens is 1. The second-order valence-corrected chi connectivity index (χ2v) is 5.65. The zero-order valence-electron chi connectivity index (χ0n) is 11.2. The lowest BCUT2D eigenvalue weighted by Crippen LogP contribution is -2.32. The van der Waals surface area contributed by atoms with Crippen LogP contribution >= 0.6 is 0 Å². The first-order valence-corrected chi connectivity index (χ1v) is 7.30. The first kappa shape index (κ1) is 12.0. The van der Waals surface area contributed by atoms with Crippen molar-refractivity contribution < 1.29 is 0 Å². The molecule has 2 unspecified atom stereocenters. The summed E-state index contributed by atoms with van der Waals surface area (Å²) >= 11 is 0. The number of nitrogens with zero attached hydrogens (tertiary/aromatic N) is 2. The molecule has 1 aliphatic carbocycles. The van der Waals surface area contributed by atoms with Gasteiger partial charge in [-0.2, -0.15) is 0 Å². The van der Waals surface area contributed by atoms with E-state index in [-0.39, 0.29) is 0 Å². The number of fused-ring (bicyclic) bond motifs is 2. The minimum Gasteiger partial charge on any atom is -0.353 e. The summed E-state index contributed by atoms with van der Waals surface area (Å²) in [6.07, 6.45) is 5.36. The lowest BCUT2D eigenvalue weighted by Gasteiger charge is -2.28. The highest BCUT2D eigenvalue weighted by molar-refractivity contribution is 5.43. The maximum absolute atomic E-state index is 4.81. The van der Waals surface area contributed by atoms with E-state index in [2.05, 4.69) is 35.3 Å². The molecule has 18 heavy (non-hydrogen) atoms. The average molecular weight is 245 g/mol. The normalized spacial score (nSPS) is 25.9. The van der Waals surface area contributed by atoms with Crippen molar-refractivity contribution in [3.05, 3.63) is 23.9 Å². The Hall–Kier alpha value is -1.09. The van der Waals surface area contributed by atoms with Crippen molar-refractivity contribution in [3.8, 4) is 0 Å². The monoisotopic (exact) mass is 245 g/mol. The zero-order chi connectivity index (χ0) is 12.4. The SMILES string of the molecule is CCCNCc1cccc(N2CC3CCC2C3)n1. The maximum atomic E-state index is 4.81. The van der Waals surface area contributed by atoms with Crippen molar-refractivity contribution >= 4 is 5.82 Å². The van der Waals surface area contributed by atoms with Gasteiger partial charge in [-0.05, 0) is 50.3 Å². The van der Waals surface area contributed by atoms with E-state index in [1.807, 2.05) is 0 Å². The Kier molecular flexibility index (Phi) is 3.50. The van der Waals surface area contributed by atoms with Gasteiger partial charge in [0.15, 0.2) is 0 Å². The summed E-state index contributed by atoms with van der Waals surface area (Å²) in [5.41, 5.74) is 1.17. The summed E-state index contributed by atoms with van der Waals surface area (Å²) in [7, 11) is 0.